The summed E-state index contributed by atoms with van der Waals surface area (Å²) in [6.07, 6.45) is 1.02. The van der Waals surface area contributed by atoms with Gasteiger partial charge in [0.2, 0.25) is 0 Å². The van der Waals surface area contributed by atoms with E-state index in [2.05, 4.69) is 0 Å². The van der Waals surface area contributed by atoms with E-state index in [1.54, 1.807) is 0 Å². The van der Waals surface area contributed by atoms with Crippen LogP contribution in [0.3, 0.4) is 0 Å². The van der Waals surface area contributed by atoms with Crippen LogP contribution in [0.4, 0.5) is 0 Å². The van der Waals surface area contributed by atoms with E-state index in [4.69, 9.17) is 23.2 Å². The van der Waals surface area contributed by atoms with Crippen LogP contribution in [0.15, 0.2) is 6.07 Å². The molecule has 90 valence electrons. The Labute approximate surface area is 108 Å². The molecule has 0 saturated heterocycles. The lowest BCUT2D eigenvalue weighted by Crippen LogP contribution is -2.39. The maximum absolute atomic E-state index is 12.0. The molecule has 1 aromatic heterocycles. The Morgan fingerprint density at radius 2 is 1.88 bits per heavy atom. The Kier molecular flexibility index (Phi) is 3.75. The lowest BCUT2D eigenvalue weighted by molar-refractivity contribution is 0.0954. The quantitative estimate of drug-likeness (QED) is 0.806. The molecule has 0 aromatic carbocycles. The van der Waals surface area contributed by atoms with Crippen molar-refractivity contribution in [1.82, 2.24) is 0 Å². The first-order valence-electron chi connectivity index (χ1n) is 4.26. The molecule has 1 aromatic rings. The van der Waals surface area contributed by atoms with Gasteiger partial charge in [0.1, 0.15) is 9.08 Å². The van der Waals surface area contributed by atoms with Crippen LogP contribution in [0, 0.1) is 0 Å². The van der Waals surface area contributed by atoms with Crippen molar-refractivity contribution in [2.75, 3.05) is 6.26 Å². The zero-order chi connectivity index (χ0) is 12.7. The molecule has 0 radical (unpaired) electrons. The Balaban J connectivity index is 3.28. The van der Waals surface area contributed by atoms with Gasteiger partial charge in [0, 0.05) is 6.26 Å². The zero-order valence-corrected chi connectivity index (χ0v) is 12.0. The van der Waals surface area contributed by atoms with Gasteiger partial charge in [0.25, 0.3) is 0 Å². The smallest absolute Gasteiger partial charge is 0.185 e. The third kappa shape index (κ3) is 2.42. The Bertz CT molecular complexity index is 529. The molecule has 0 aliphatic carbocycles. The third-order valence-corrected chi connectivity index (χ3v) is 5.90. The Morgan fingerprint density at radius 3 is 2.19 bits per heavy atom. The molecule has 0 N–H and O–H groups in total. The molecular weight excluding hydrogens is 291 g/mol. The van der Waals surface area contributed by atoms with Crippen LogP contribution >= 0.6 is 34.5 Å². The average Bonchev–Trinajstić information content (AvgIpc) is 2.41. The predicted molar refractivity (Wildman–Crippen MR) is 67.6 cm³/mol. The van der Waals surface area contributed by atoms with Gasteiger partial charge in [0.15, 0.2) is 15.6 Å². The highest BCUT2D eigenvalue weighted by Crippen LogP contribution is 2.34. The lowest BCUT2D eigenvalue weighted by Gasteiger charge is -2.20. The van der Waals surface area contributed by atoms with Gasteiger partial charge in [0.05, 0.1) is 9.90 Å². The van der Waals surface area contributed by atoms with Crippen LogP contribution in [0.25, 0.3) is 0 Å². The lowest BCUT2D eigenvalue weighted by atomic mass is 10.0. The second kappa shape index (κ2) is 4.29. The van der Waals surface area contributed by atoms with Gasteiger partial charge in [-0.1, -0.05) is 23.2 Å². The van der Waals surface area contributed by atoms with Crippen molar-refractivity contribution in [3.05, 3.63) is 20.3 Å². The van der Waals surface area contributed by atoms with Gasteiger partial charge in [-0.15, -0.1) is 11.3 Å². The Hall–Kier alpha value is -0.100. The van der Waals surface area contributed by atoms with Crippen LogP contribution in [0.2, 0.25) is 8.67 Å². The van der Waals surface area contributed by atoms with Crippen molar-refractivity contribution >= 4 is 50.2 Å². The first kappa shape index (κ1) is 14.0. The predicted octanol–water partition coefficient (Wildman–Crippen LogP) is 3.06. The molecule has 0 aliphatic rings. The maximum Gasteiger partial charge on any atom is 0.185 e. The molecular formula is C9H10Cl2O3S2. The van der Waals surface area contributed by atoms with E-state index in [0.29, 0.717) is 4.34 Å². The molecule has 1 heterocycles. The summed E-state index contributed by atoms with van der Waals surface area (Å²) < 4.78 is 22.1. The molecule has 1 rings (SSSR count). The van der Waals surface area contributed by atoms with Crippen molar-refractivity contribution in [2.45, 2.75) is 18.6 Å². The number of hydrogen-bond donors (Lipinski definition) is 0. The summed E-state index contributed by atoms with van der Waals surface area (Å²) in [5.74, 6) is -0.539. The van der Waals surface area contributed by atoms with E-state index in [1.165, 1.54) is 19.9 Å². The van der Waals surface area contributed by atoms with Gasteiger partial charge in [-0.25, -0.2) is 8.42 Å². The van der Waals surface area contributed by atoms with E-state index in [1.807, 2.05) is 0 Å². The fraction of sp³-hybridized carbons (Fsp3) is 0.444. The molecule has 3 nitrogen and oxygen atoms in total. The minimum Gasteiger partial charge on any atom is -0.292 e. The molecule has 0 unspecified atom stereocenters. The van der Waals surface area contributed by atoms with Gasteiger partial charge < -0.3 is 0 Å². The standard InChI is InChI=1S/C9H10Cl2O3S2/c1-9(2,16(3,13)14)7(12)5-4-6(10)15-8(5)11/h4H,1-3H3. The maximum atomic E-state index is 12.0. The van der Waals surface area contributed by atoms with Crippen LogP contribution in [0.5, 0.6) is 0 Å². The first-order chi connectivity index (χ1) is 7.07. The van der Waals surface area contributed by atoms with Crippen molar-refractivity contribution in [2.24, 2.45) is 0 Å². The summed E-state index contributed by atoms with van der Waals surface area (Å²) in [5.41, 5.74) is 0.159. The minimum absolute atomic E-state index is 0.159. The molecule has 0 aliphatic heterocycles. The van der Waals surface area contributed by atoms with Crippen LogP contribution < -0.4 is 0 Å². The van der Waals surface area contributed by atoms with Crippen LogP contribution in [0.1, 0.15) is 24.2 Å². The number of hydrogen-bond acceptors (Lipinski definition) is 4. The molecule has 0 amide bonds. The number of rotatable bonds is 3. The van der Waals surface area contributed by atoms with E-state index < -0.39 is 20.4 Å². The monoisotopic (exact) mass is 300 g/mol. The molecule has 16 heavy (non-hydrogen) atoms. The summed E-state index contributed by atoms with van der Waals surface area (Å²) in [6, 6.07) is 1.39. The third-order valence-electron chi connectivity index (χ3n) is 2.38. The number of carbonyl (C=O) groups is 1. The largest absolute Gasteiger partial charge is 0.292 e. The number of halogens is 2. The van der Waals surface area contributed by atoms with Crippen molar-refractivity contribution in [1.29, 1.82) is 0 Å². The van der Waals surface area contributed by atoms with Crippen molar-refractivity contribution in [3.8, 4) is 0 Å². The van der Waals surface area contributed by atoms with Gasteiger partial charge in [-0.05, 0) is 19.9 Å². The fourth-order valence-corrected chi connectivity index (χ4v) is 2.89. The van der Waals surface area contributed by atoms with E-state index >= 15 is 0 Å². The number of sulfone groups is 1. The molecule has 0 saturated carbocycles. The number of ketones is 1. The van der Waals surface area contributed by atoms with Crippen molar-refractivity contribution < 1.29 is 13.2 Å². The van der Waals surface area contributed by atoms with Gasteiger partial charge >= 0.3 is 0 Å². The molecule has 0 fully saturated rings. The topological polar surface area (TPSA) is 51.2 Å². The molecule has 0 atom stereocenters. The van der Waals surface area contributed by atoms with E-state index in [0.717, 1.165) is 17.6 Å². The highest BCUT2D eigenvalue weighted by molar-refractivity contribution is 7.92. The minimum atomic E-state index is -3.50. The molecule has 7 heteroatoms. The molecule has 0 bridgehead atoms. The number of Topliss-reactive ketones (excluding diaryl/α,β-unsaturated/α-hetero) is 1. The highest BCUT2D eigenvalue weighted by atomic mass is 35.5. The van der Waals surface area contributed by atoms with E-state index in [9.17, 15) is 13.2 Å². The van der Waals surface area contributed by atoms with Crippen LogP contribution in [-0.2, 0) is 9.84 Å². The summed E-state index contributed by atoms with van der Waals surface area (Å²) in [6.45, 7) is 2.71. The number of thiophene rings is 1. The second-order valence-corrected chi connectivity index (χ2v) is 8.70. The summed E-state index contributed by atoms with van der Waals surface area (Å²) >= 11 is 12.6. The van der Waals surface area contributed by atoms with Crippen molar-refractivity contribution in [3.63, 3.8) is 0 Å². The van der Waals surface area contributed by atoms with Crippen LogP contribution in [-0.4, -0.2) is 25.2 Å². The normalized spacial score (nSPS) is 12.8. The highest BCUT2D eigenvalue weighted by Gasteiger charge is 2.40. The van der Waals surface area contributed by atoms with Gasteiger partial charge in [-0.3, -0.25) is 4.79 Å². The Morgan fingerprint density at radius 1 is 1.38 bits per heavy atom. The number of carbonyl (C=O) groups excluding carboxylic acids is 1. The summed E-state index contributed by atoms with van der Waals surface area (Å²) in [4.78, 5) is 12.0. The summed E-state index contributed by atoms with van der Waals surface area (Å²) in [7, 11) is -3.50. The average molecular weight is 301 g/mol. The molecule has 0 spiro atoms. The SMILES string of the molecule is CC(C)(C(=O)c1cc(Cl)sc1Cl)S(C)(=O)=O. The summed E-state index contributed by atoms with van der Waals surface area (Å²) in [5, 5.41) is 0. The zero-order valence-electron chi connectivity index (χ0n) is 8.87. The fourth-order valence-electron chi connectivity index (χ4n) is 0.988. The second-order valence-electron chi connectivity index (χ2n) is 3.85. The first-order valence-corrected chi connectivity index (χ1v) is 7.73. The van der Waals surface area contributed by atoms with Gasteiger partial charge in [-0.2, -0.15) is 0 Å². The van der Waals surface area contributed by atoms with E-state index in [-0.39, 0.29) is 9.90 Å².